The molecule has 2 atom stereocenters. The van der Waals surface area contributed by atoms with Crippen molar-refractivity contribution in [3.05, 3.63) is 27.9 Å². The van der Waals surface area contributed by atoms with Crippen LogP contribution in [0.5, 0.6) is 0 Å². The van der Waals surface area contributed by atoms with Gasteiger partial charge in [-0.3, -0.25) is 14.9 Å². The SMILES string of the molecule is CC(Nc1ncc([N+](=O)[O-])cc1C#N)C(C)C(=O)O. The standard InChI is InChI=1S/C11H12N4O4/c1-6(11(16)17)7(2)14-10-8(4-12)3-9(5-13-10)15(18)19/h3,5-7H,1-2H3,(H,13,14)(H,16,17). The number of pyridine rings is 1. The lowest BCUT2D eigenvalue weighted by Gasteiger charge is -2.18. The zero-order valence-corrected chi connectivity index (χ0v) is 10.3. The second kappa shape index (κ2) is 5.77. The summed E-state index contributed by atoms with van der Waals surface area (Å²) < 4.78 is 0. The molecular weight excluding hydrogens is 252 g/mol. The van der Waals surface area contributed by atoms with Crippen molar-refractivity contribution >= 4 is 17.5 Å². The minimum absolute atomic E-state index is 0.00126. The summed E-state index contributed by atoms with van der Waals surface area (Å²) in [6.07, 6.45) is 1.02. The number of rotatable bonds is 5. The van der Waals surface area contributed by atoms with Gasteiger partial charge in [0.05, 0.1) is 10.8 Å². The van der Waals surface area contributed by atoms with Crippen molar-refractivity contribution in [3.8, 4) is 6.07 Å². The summed E-state index contributed by atoms with van der Waals surface area (Å²) in [7, 11) is 0. The molecule has 0 aliphatic carbocycles. The first-order chi connectivity index (χ1) is 8.86. The van der Waals surface area contributed by atoms with Crippen LogP contribution in [-0.2, 0) is 4.79 Å². The maximum Gasteiger partial charge on any atom is 0.308 e. The predicted octanol–water partition coefficient (Wildman–Crippen LogP) is 1.38. The first-order valence-electron chi connectivity index (χ1n) is 5.40. The Hall–Kier alpha value is -2.69. The lowest BCUT2D eigenvalue weighted by molar-refractivity contribution is -0.385. The minimum atomic E-state index is -0.986. The van der Waals surface area contributed by atoms with Crippen LogP contribution in [0.2, 0.25) is 0 Å². The quantitative estimate of drug-likeness (QED) is 0.606. The molecule has 8 nitrogen and oxygen atoms in total. The lowest BCUT2D eigenvalue weighted by Crippen LogP contribution is -2.30. The number of hydrogen-bond acceptors (Lipinski definition) is 6. The van der Waals surface area contributed by atoms with E-state index >= 15 is 0 Å². The largest absolute Gasteiger partial charge is 0.481 e. The maximum atomic E-state index is 10.8. The molecule has 2 N–H and O–H groups in total. The number of aromatic nitrogens is 1. The number of nitriles is 1. The van der Waals surface area contributed by atoms with E-state index in [0.717, 1.165) is 12.3 Å². The van der Waals surface area contributed by atoms with Crippen LogP contribution in [0.15, 0.2) is 12.3 Å². The average Bonchev–Trinajstić information content (AvgIpc) is 2.37. The van der Waals surface area contributed by atoms with Gasteiger partial charge in [0.25, 0.3) is 5.69 Å². The van der Waals surface area contributed by atoms with Crippen molar-refractivity contribution in [3.63, 3.8) is 0 Å². The van der Waals surface area contributed by atoms with Crippen molar-refractivity contribution in [1.82, 2.24) is 4.98 Å². The van der Waals surface area contributed by atoms with Crippen LogP contribution in [0.25, 0.3) is 0 Å². The molecule has 0 aliphatic rings. The molecular formula is C11H12N4O4. The summed E-state index contributed by atoms with van der Waals surface area (Å²) >= 11 is 0. The van der Waals surface area contributed by atoms with Crippen LogP contribution in [0.4, 0.5) is 11.5 Å². The molecule has 0 bridgehead atoms. The molecule has 8 heteroatoms. The molecule has 0 saturated carbocycles. The molecule has 1 rings (SSSR count). The Balaban J connectivity index is 2.99. The number of nitrogens with one attached hydrogen (secondary N) is 1. The third-order valence-electron chi connectivity index (χ3n) is 2.71. The van der Waals surface area contributed by atoms with E-state index in [4.69, 9.17) is 10.4 Å². The molecule has 1 aromatic heterocycles. The minimum Gasteiger partial charge on any atom is -0.481 e. The van der Waals surface area contributed by atoms with Crippen LogP contribution in [-0.4, -0.2) is 27.0 Å². The van der Waals surface area contributed by atoms with E-state index < -0.39 is 22.9 Å². The van der Waals surface area contributed by atoms with Crippen LogP contribution < -0.4 is 5.32 Å². The van der Waals surface area contributed by atoms with Gasteiger partial charge >= 0.3 is 5.97 Å². The Bertz CT molecular complexity index is 552. The number of carboxylic acid groups (broad SMARTS) is 1. The number of nitrogens with zero attached hydrogens (tertiary/aromatic N) is 3. The molecule has 19 heavy (non-hydrogen) atoms. The highest BCUT2D eigenvalue weighted by molar-refractivity contribution is 5.71. The average molecular weight is 264 g/mol. The Morgan fingerprint density at radius 1 is 1.63 bits per heavy atom. The fourth-order valence-corrected chi connectivity index (χ4v) is 1.31. The number of anilines is 1. The first kappa shape index (κ1) is 14.4. The van der Waals surface area contributed by atoms with Crippen LogP contribution in [0, 0.1) is 27.4 Å². The molecule has 0 radical (unpaired) electrons. The molecule has 0 aromatic carbocycles. The van der Waals surface area contributed by atoms with E-state index in [1.54, 1.807) is 13.0 Å². The van der Waals surface area contributed by atoms with E-state index in [1.807, 2.05) is 0 Å². The topological polar surface area (TPSA) is 129 Å². The van der Waals surface area contributed by atoms with Gasteiger partial charge in [-0.25, -0.2) is 4.98 Å². The molecule has 0 fully saturated rings. The monoisotopic (exact) mass is 264 g/mol. The van der Waals surface area contributed by atoms with Crippen molar-refractivity contribution in [2.45, 2.75) is 19.9 Å². The molecule has 0 amide bonds. The van der Waals surface area contributed by atoms with E-state index in [9.17, 15) is 14.9 Å². The Kier molecular flexibility index (Phi) is 4.36. The first-order valence-corrected chi connectivity index (χ1v) is 5.40. The summed E-state index contributed by atoms with van der Waals surface area (Å²) in [6, 6.07) is 2.40. The summed E-state index contributed by atoms with van der Waals surface area (Å²) in [5, 5.41) is 31.1. The van der Waals surface area contributed by atoms with Crippen molar-refractivity contribution in [2.75, 3.05) is 5.32 Å². The summed E-state index contributed by atoms with van der Waals surface area (Å²) in [5.74, 6) is -1.54. The maximum absolute atomic E-state index is 10.8. The molecule has 2 unspecified atom stereocenters. The van der Waals surface area contributed by atoms with Gasteiger partial charge in [-0.15, -0.1) is 0 Å². The smallest absolute Gasteiger partial charge is 0.308 e. The summed E-state index contributed by atoms with van der Waals surface area (Å²) in [4.78, 5) is 24.5. The number of carbonyl (C=O) groups is 1. The third kappa shape index (κ3) is 3.38. The lowest BCUT2D eigenvalue weighted by atomic mass is 10.0. The van der Waals surface area contributed by atoms with Gasteiger partial charge in [0.15, 0.2) is 0 Å². The van der Waals surface area contributed by atoms with Gasteiger partial charge in [0.2, 0.25) is 0 Å². The Labute approximate surface area is 108 Å². The number of hydrogen-bond donors (Lipinski definition) is 2. The van der Waals surface area contributed by atoms with Gasteiger partial charge in [-0.2, -0.15) is 5.26 Å². The fraction of sp³-hybridized carbons (Fsp3) is 0.364. The van der Waals surface area contributed by atoms with E-state index in [2.05, 4.69) is 10.3 Å². The normalized spacial score (nSPS) is 13.1. The number of aliphatic carboxylic acids is 1. The zero-order valence-electron chi connectivity index (χ0n) is 10.3. The van der Waals surface area contributed by atoms with Crippen LogP contribution in [0.3, 0.4) is 0 Å². The van der Waals surface area contributed by atoms with Gasteiger partial charge in [-0.05, 0) is 13.8 Å². The van der Waals surface area contributed by atoms with Gasteiger partial charge in [0.1, 0.15) is 23.6 Å². The highest BCUT2D eigenvalue weighted by Crippen LogP contribution is 2.20. The zero-order chi connectivity index (χ0) is 14.6. The van der Waals surface area contributed by atoms with Gasteiger partial charge < -0.3 is 10.4 Å². The fourth-order valence-electron chi connectivity index (χ4n) is 1.31. The van der Waals surface area contributed by atoms with Crippen LogP contribution in [0.1, 0.15) is 19.4 Å². The molecule has 1 aromatic rings. The summed E-state index contributed by atoms with van der Waals surface area (Å²) in [6.45, 7) is 3.14. The molecule has 0 spiro atoms. The molecule has 1 heterocycles. The van der Waals surface area contributed by atoms with Crippen molar-refractivity contribution in [1.29, 1.82) is 5.26 Å². The molecule has 100 valence electrons. The second-order valence-corrected chi connectivity index (χ2v) is 4.02. The number of carboxylic acids is 1. The van der Waals surface area contributed by atoms with Gasteiger partial charge in [-0.1, -0.05) is 0 Å². The highest BCUT2D eigenvalue weighted by Gasteiger charge is 2.21. The third-order valence-corrected chi connectivity index (χ3v) is 2.71. The Morgan fingerprint density at radius 3 is 2.74 bits per heavy atom. The van der Waals surface area contributed by atoms with E-state index in [0.29, 0.717) is 0 Å². The van der Waals surface area contributed by atoms with Crippen molar-refractivity contribution < 1.29 is 14.8 Å². The van der Waals surface area contributed by atoms with E-state index in [-0.39, 0.29) is 17.1 Å². The molecule has 0 saturated heterocycles. The van der Waals surface area contributed by atoms with Crippen LogP contribution >= 0.6 is 0 Å². The number of nitro groups is 1. The van der Waals surface area contributed by atoms with Crippen molar-refractivity contribution in [2.24, 2.45) is 5.92 Å². The second-order valence-electron chi connectivity index (χ2n) is 4.02. The summed E-state index contributed by atoms with van der Waals surface area (Å²) in [5.41, 5.74) is -0.292. The van der Waals surface area contributed by atoms with Gasteiger partial charge in [0, 0.05) is 12.1 Å². The van der Waals surface area contributed by atoms with E-state index in [1.165, 1.54) is 6.92 Å². The predicted molar refractivity (Wildman–Crippen MR) is 65.5 cm³/mol. The Morgan fingerprint density at radius 2 is 2.26 bits per heavy atom. The highest BCUT2D eigenvalue weighted by atomic mass is 16.6. The molecule has 0 aliphatic heterocycles.